The summed E-state index contributed by atoms with van der Waals surface area (Å²) in [6.07, 6.45) is 4.95. The molecule has 0 bridgehead atoms. The lowest BCUT2D eigenvalue weighted by molar-refractivity contribution is 0.687. The minimum atomic E-state index is 1.16. The molecule has 260 valence electrons. The van der Waals surface area contributed by atoms with Gasteiger partial charge in [0, 0.05) is 16.5 Å². The van der Waals surface area contributed by atoms with Gasteiger partial charge in [0.05, 0.1) is 11.0 Å². The van der Waals surface area contributed by atoms with E-state index in [-0.39, 0.29) is 0 Å². The summed E-state index contributed by atoms with van der Waals surface area (Å²) in [6.45, 7) is 0. The van der Waals surface area contributed by atoms with E-state index in [1.807, 2.05) is 0 Å². The molecule has 0 fully saturated rings. The first-order valence-electron chi connectivity index (χ1n) is 19.6. The summed E-state index contributed by atoms with van der Waals surface area (Å²) in [6, 6.07) is 69.7. The Morgan fingerprint density at radius 1 is 0.327 bits per heavy atom. The van der Waals surface area contributed by atoms with E-state index in [1.54, 1.807) is 5.56 Å². The molecule has 1 nitrogen and oxygen atoms in total. The van der Waals surface area contributed by atoms with Crippen LogP contribution in [0.2, 0.25) is 0 Å². The fourth-order valence-electron chi connectivity index (χ4n) is 9.48. The maximum absolute atomic E-state index is 2.43. The molecule has 0 amide bonds. The molecule has 1 aromatic heterocycles. The Labute approximate surface area is 321 Å². The van der Waals surface area contributed by atoms with Gasteiger partial charge < -0.3 is 4.57 Å². The second-order valence-electron chi connectivity index (χ2n) is 15.1. The molecule has 1 aliphatic rings. The molecule has 0 saturated carbocycles. The van der Waals surface area contributed by atoms with E-state index < -0.39 is 0 Å². The quantitative estimate of drug-likeness (QED) is 0.157. The molecule has 0 saturated heterocycles. The molecular weight excluding hydrogens is 663 g/mol. The van der Waals surface area contributed by atoms with E-state index in [2.05, 4.69) is 193 Å². The maximum Gasteiger partial charge on any atom is 0.0541 e. The van der Waals surface area contributed by atoms with E-state index in [0.29, 0.717) is 0 Å². The van der Waals surface area contributed by atoms with Crippen molar-refractivity contribution < 1.29 is 0 Å². The van der Waals surface area contributed by atoms with Crippen molar-refractivity contribution in [3.8, 4) is 50.2 Å². The molecule has 10 aromatic rings. The molecule has 0 unspecified atom stereocenters. The lowest BCUT2D eigenvalue weighted by Gasteiger charge is -2.20. The van der Waals surface area contributed by atoms with Crippen molar-refractivity contribution in [3.63, 3.8) is 0 Å². The summed E-state index contributed by atoms with van der Waals surface area (Å²) in [5, 5.41) is 7.64. The number of nitrogens with zero attached hydrogens (tertiary/aromatic N) is 1. The Balaban J connectivity index is 1.03. The largest absolute Gasteiger partial charge is 0.309 e. The molecule has 0 radical (unpaired) electrons. The zero-order chi connectivity index (χ0) is 36.3. The van der Waals surface area contributed by atoms with Gasteiger partial charge in [-0.25, -0.2) is 0 Å². The predicted molar refractivity (Wildman–Crippen MR) is 234 cm³/mol. The van der Waals surface area contributed by atoms with Gasteiger partial charge in [-0.3, -0.25) is 0 Å². The number of para-hydroxylation sites is 1. The molecule has 1 aliphatic carbocycles. The molecule has 0 atom stereocenters. The first kappa shape index (κ1) is 31.8. The lowest BCUT2D eigenvalue weighted by Crippen LogP contribution is -2.04. The fourth-order valence-corrected chi connectivity index (χ4v) is 9.48. The first-order valence-corrected chi connectivity index (χ1v) is 19.6. The summed E-state index contributed by atoms with van der Waals surface area (Å²) in [4.78, 5) is 0. The fraction of sp³-hybridized carbons (Fsp3) is 0.0741. The van der Waals surface area contributed by atoms with E-state index >= 15 is 0 Å². The van der Waals surface area contributed by atoms with E-state index in [1.165, 1.54) is 119 Å². The van der Waals surface area contributed by atoms with Crippen molar-refractivity contribution in [1.29, 1.82) is 0 Å². The Morgan fingerprint density at radius 3 is 1.58 bits per heavy atom. The highest BCUT2D eigenvalue weighted by Gasteiger charge is 2.19. The topological polar surface area (TPSA) is 4.93 Å². The van der Waals surface area contributed by atoms with Crippen molar-refractivity contribution in [1.82, 2.24) is 4.57 Å². The Morgan fingerprint density at radius 2 is 0.855 bits per heavy atom. The van der Waals surface area contributed by atoms with Gasteiger partial charge in [0.25, 0.3) is 0 Å². The molecule has 9 aromatic carbocycles. The molecular formula is C54H39N. The molecule has 0 spiro atoms. The lowest BCUT2D eigenvalue weighted by atomic mass is 9.85. The van der Waals surface area contributed by atoms with Gasteiger partial charge in [0.2, 0.25) is 0 Å². The van der Waals surface area contributed by atoms with Crippen LogP contribution in [-0.4, -0.2) is 4.57 Å². The van der Waals surface area contributed by atoms with Crippen LogP contribution in [0, 0.1) is 0 Å². The van der Waals surface area contributed by atoms with Gasteiger partial charge in [-0.05, 0) is 139 Å². The predicted octanol–water partition coefficient (Wildman–Crippen LogP) is 14.6. The van der Waals surface area contributed by atoms with Crippen LogP contribution in [0.15, 0.2) is 188 Å². The minimum Gasteiger partial charge on any atom is -0.309 e. The van der Waals surface area contributed by atoms with Crippen LogP contribution in [0.3, 0.4) is 0 Å². The second-order valence-corrected chi connectivity index (χ2v) is 15.1. The van der Waals surface area contributed by atoms with Crippen LogP contribution in [-0.2, 0) is 12.8 Å². The zero-order valence-electron chi connectivity index (χ0n) is 30.7. The van der Waals surface area contributed by atoms with Crippen molar-refractivity contribution in [2.24, 2.45) is 0 Å². The van der Waals surface area contributed by atoms with Gasteiger partial charge >= 0.3 is 0 Å². The molecule has 1 heterocycles. The van der Waals surface area contributed by atoms with E-state index in [9.17, 15) is 0 Å². The van der Waals surface area contributed by atoms with Crippen molar-refractivity contribution in [3.05, 3.63) is 199 Å². The Bertz CT molecular complexity index is 3020. The number of aromatic nitrogens is 1. The average molecular weight is 702 g/mol. The van der Waals surface area contributed by atoms with Gasteiger partial charge in [-0.1, -0.05) is 152 Å². The van der Waals surface area contributed by atoms with Gasteiger partial charge in [0.15, 0.2) is 0 Å². The number of hydrogen-bond donors (Lipinski definition) is 0. The van der Waals surface area contributed by atoms with E-state index in [0.717, 1.165) is 5.69 Å². The first-order chi connectivity index (χ1) is 27.3. The van der Waals surface area contributed by atoms with Crippen LogP contribution in [0.4, 0.5) is 0 Å². The van der Waals surface area contributed by atoms with Crippen LogP contribution < -0.4 is 0 Å². The van der Waals surface area contributed by atoms with Crippen molar-refractivity contribution in [2.75, 3.05) is 0 Å². The average Bonchev–Trinajstić information content (AvgIpc) is 3.59. The van der Waals surface area contributed by atoms with Gasteiger partial charge in [-0.15, -0.1) is 0 Å². The van der Waals surface area contributed by atoms with Gasteiger partial charge in [-0.2, -0.15) is 0 Å². The standard InChI is InChI=1S/C54H39N/c1-2-15-37(16-3-1)53-46-22-6-8-24-48(46)54(49-25-9-7-23-47(49)53)38-28-31-42(32-29-38)55-51-27-11-10-21-45(51)50-35-40(30-33-52(50)55)39-18-12-19-41(34-39)44-26-13-17-36-14-4-5-20-43(36)44/h1-3,6-13,15-19,21-35H,4-5,14,20H2. The SMILES string of the molecule is c1ccc(-c2c3ccccc3c(-c3ccc(-n4c5ccccc5c5cc(-c6cccc(-c7cccc8c7CCCC8)c6)ccc54)cc3)c3ccccc23)cc1. The summed E-state index contributed by atoms with van der Waals surface area (Å²) in [5.74, 6) is 0. The van der Waals surface area contributed by atoms with Crippen LogP contribution >= 0.6 is 0 Å². The highest BCUT2D eigenvalue weighted by Crippen LogP contribution is 2.44. The number of rotatable bonds is 5. The number of aryl methyl sites for hydroxylation is 1. The second kappa shape index (κ2) is 13.0. The van der Waals surface area contributed by atoms with Crippen molar-refractivity contribution >= 4 is 43.4 Å². The normalized spacial score (nSPS) is 12.8. The third kappa shape index (κ3) is 5.22. The van der Waals surface area contributed by atoms with Crippen LogP contribution in [0.25, 0.3) is 93.5 Å². The highest BCUT2D eigenvalue weighted by molar-refractivity contribution is 6.21. The summed E-state index contributed by atoms with van der Waals surface area (Å²) < 4.78 is 2.43. The third-order valence-corrected chi connectivity index (χ3v) is 12.0. The molecule has 11 rings (SSSR count). The summed E-state index contributed by atoms with van der Waals surface area (Å²) in [5.41, 5.74) is 16.9. The molecule has 55 heavy (non-hydrogen) atoms. The highest BCUT2D eigenvalue weighted by atomic mass is 15.0. The van der Waals surface area contributed by atoms with Crippen molar-refractivity contribution in [2.45, 2.75) is 25.7 Å². The van der Waals surface area contributed by atoms with Gasteiger partial charge in [0.1, 0.15) is 0 Å². The maximum atomic E-state index is 2.43. The number of benzene rings is 9. The number of hydrogen-bond acceptors (Lipinski definition) is 0. The Kier molecular flexibility index (Phi) is 7.52. The zero-order valence-corrected chi connectivity index (χ0v) is 30.7. The molecule has 0 N–H and O–H groups in total. The Hall–Kier alpha value is -6.70. The van der Waals surface area contributed by atoms with E-state index in [4.69, 9.17) is 0 Å². The molecule has 0 aliphatic heterocycles. The minimum absolute atomic E-state index is 1.16. The molecule has 1 heteroatoms. The van der Waals surface area contributed by atoms with Crippen LogP contribution in [0.5, 0.6) is 0 Å². The number of fused-ring (bicyclic) bond motifs is 6. The third-order valence-electron chi connectivity index (χ3n) is 12.0. The summed E-state index contributed by atoms with van der Waals surface area (Å²) in [7, 11) is 0. The van der Waals surface area contributed by atoms with Crippen LogP contribution in [0.1, 0.15) is 24.0 Å². The summed E-state index contributed by atoms with van der Waals surface area (Å²) >= 11 is 0. The monoisotopic (exact) mass is 701 g/mol. The smallest absolute Gasteiger partial charge is 0.0541 e.